The summed E-state index contributed by atoms with van der Waals surface area (Å²) in [6, 6.07) is 13.5. The first-order valence-corrected chi connectivity index (χ1v) is 12.2. The molecule has 7 heteroatoms. The molecule has 0 bridgehead atoms. The maximum absolute atomic E-state index is 13.3. The fourth-order valence-corrected chi connectivity index (χ4v) is 4.99. The van der Waals surface area contributed by atoms with Gasteiger partial charge in [-0.25, -0.2) is 0 Å². The third-order valence-corrected chi connectivity index (χ3v) is 7.26. The molecule has 2 aromatic rings. The highest BCUT2D eigenvalue weighted by Gasteiger charge is 2.49. The van der Waals surface area contributed by atoms with E-state index in [-0.39, 0.29) is 29.7 Å². The van der Waals surface area contributed by atoms with Gasteiger partial charge in [0, 0.05) is 31.4 Å². The van der Waals surface area contributed by atoms with E-state index in [4.69, 9.17) is 0 Å². The van der Waals surface area contributed by atoms with Gasteiger partial charge in [-0.2, -0.15) is 0 Å². The van der Waals surface area contributed by atoms with E-state index in [1.165, 1.54) is 11.1 Å². The van der Waals surface area contributed by atoms with Crippen LogP contribution in [-0.4, -0.2) is 58.7 Å². The topological polar surface area (TPSA) is 82.6 Å². The number of carbonyl (C=O) groups is 3. The Morgan fingerprint density at radius 3 is 2.38 bits per heavy atom. The molecule has 3 heterocycles. The number of likely N-dealkylation sites (tertiary alicyclic amines) is 2. The number of benzene rings is 1. The normalized spacial score (nSPS) is 18.9. The number of aromatic nitrogens is 1. The minimum absolute atomic E-state index is 0.0345. The summed E-state index contributed by atoms with van der Waals surface area (Å²) in [5.41, 5.74) is 1.14. The van der Waals surface area contributed by atoms with Crippen LogP contribution in [0.15, 0.2) is 54.9 Å². The highest BCUT2D eigenvalue weighted by atomic mass is 16.2. The van der Waals surface area contributed by atoms with Crippen LogP contribution in [0.25, 0.3) is 0 Å². The molecule has 180 valence electrons. The molecule has 2 aliphatic heterocycles. The van der Waals surface area contributed by atoms with Crippen LogP contribution in [0.4, 0.5) is 0 Å². The third kappa shape index (κ3) is 5.20. The van der Waals surface area contributed by atoms with Gasteiger partial charge in [-0.05, 0) is 56.5 Å². The van der Waals surface area contributed by atoms with E-state index < -0.39 is 5.41 Å². The zero-order valence-electron chi connectivity index (χ0n) is 20.1. The summed E-state index contributed by atoms with van der Waals surface area (Å²) in [6.45, 7) is 6.77. The summed E-state index contributed by atoms with van der Waals surface area (Å²) in [4.78, 5) is 46.2. The standard InChI is InChI=1S/C27H34N4O3/c1-20(2)24(32)29-23(21-7-4-3-5-8-21)10-15-30-16-11-27(12-17-30)13-18-31(26(27)34)25(33)22-9-6-14-28-19-22/h3-9,14,19-20,23H,10-13,15-18H2,1-2H3,(H,29,32)/t23-/m0/s1. The molecule has 2 saturated heterocycles. The number of amides is 3. The Bertz CT molecular complexity index is 1000. The van der Waals surface area contributed by atoms with Gasteiger partial charge in [-0.1, -0.05) is 44.2 Å². The van der Waals surface area contributed by atoms with Gasteiger partial charge in [0.25, 0.3) is 5.91 Å². The summed E-state index contributed by atoms with van der Waals surface area (Å²) in [6.07, 6.45) is 6.20. The van der Waals surface area contributed by atoms with Gasteiger partial charge >= 0.3 is 0 Å². The highest BCUT2D eigenvalue weighted by molar-refractivity contribution is 6.07. The summed E-state index contributed by atoms with van der Waals surface area (Å²) in [5.74, 6) is -0.287. The number of carbonyl (C=O) groups excluding carboxylic acids is 3. The van der Waals surface area contributed by atoms with Gasteiger partial charge < -0.3 is 10.2 Å². The molecule has 0 aliphatic carbocycles. The Morgan fingerprint density at radius 1 is 1.03 bits per heavy atom. The second kappa shape index (κ2) is 10.5. The number of nitrogens with zero attached hydrogens (tertiary/aromatic N) is 3. The minimum Gasteiger partial charge on any atom is -0.349 e. The molecule has 3 amide bonds. The molecule has 4 rings (SSSR count). The van der Waals surface area contributed by atoms with Crippen molar-refractivity contribution in [2.75, 3.05) is 26.2 Å². The van der Waals surface area contributed by atoms with Crippen molar-refractivity contribution in [2.24, 2.45) is 11.3 Å². The maximum Gasteiger partial charge on any atom is 0.262 e. The molecule has 1 aromatic carbocycles. The van der Waals surface area contributed by atoms with Gasteiger partial charge in [0.1, 0.15) is 0 Å². The number of hydrogen-bond acceptors (Lipinski definition) is 5. The molecule has 0 radical (unpaired) electrons. The van der Waals surface area contributed by atoms with Crippen LogP contribution < -0.4 is 5.32 Å². The second-order valence-corrected chi connectivity index (χ2v) is 9.79. The van der Waals surface area contributed by atoms with Crippen molar-refractivity contribution in [1.29, 1.82) is 0 Å². The summed E-state index contributed by atoms with van der Waals surface area (Å²) < 4.78 is 0. The lowest BCUT2D eigenvalue weighted by atomic mass is 9.77. The van der Waals surface area contributed by atoms with Crippen LogP contribution in [0.3, 0.4) is 0 Å². The zero-order chi connectivity index (χ0) is 24.1. The van der Waals surface area contributed by atoms with Crippen LogP contribution >= 0.6 is 0 Å². The zero-order valence-corrected chi connectivity index (χ0v) is 20.1. The van der Waals surface area contributed by atoms with E-state index in [2.05, 4.69) is 27.3 Å². The molecule has 1 atom stereocenters. The molecule has 2 aliphatic rings. The molecule has 1 aromatic heterocycles. The molecule has 7 nitrogen and oxygen atoms in total. The predicted molar refractivity (Wildman–Crippen MR) is 130 cm³/mol. The van der Waals surface area contributed by atoms with Crippen LogP contribution in [0.1, 0.15) is 61.5 Å². The lowest BCUT2D eigenvalue weighted by Crippen LogP contribution is -2.46. The van der Waals surface area contributed by atoms with Gasteiger partial charge in [0.15, 0.2) is 0 Å². The second-order valence-electron chi connectivity index (χ2n) is 9.79. The predicted octanol–water partition coefficient (Wildman–Crippen LogP) is 3.44. The Kier molecular flexibility index (Phi) is 7.41. The molecule has 2 fully saturated rings. The fraction of sp³-hybridized carbons (Fsp3) is 0.481. The van der Waals surface area contributed by atoms with Gasteiger partial charge in [-0.15, -0.1) is 0 Å². The van der Waals surface area contributed by atoms with Gasteiger partial charge in [0.05, 0.1) is 17.0 Å². The van der Waals surface area contributed by atoms with E-state index in [0.29, 0.717) is 12.1 Å². The molecule has 0 saturated carbocycles. The van der Waals surface area contributed by atoms with Crippen molar-refractivity contribution in [3.63, 3.8) is 0 Å². The largest absolute Gasteiger partial charge is 0.349 e. The van der Waals surface area contributed by atoms with Gasteiger partial charge in [-0.3, -0.25) is 24.3 Å². The molecular weight excluding hydrogens is 428 g/mol. The van der Waals surface area contributed by atoms with Crippen molar-refractivity contribution >= 4 is 17.7 Å². The summed E-state index contributed by atoms with van der Waals surface area (Å²) in [5, 5.41) is 3.19. The monoisotopic (exact) mass is 462 g/mol. The van der Waals surface area contributed by atoms with Gasteiger partial charge in [0.2, 0.25) is 11.8 Å². The first-order valence-electron chi connectivity index (χ1n) is 12.2. The lowest BCUT2D eigenvalue weighted by molar-refractivity contribution is -0.136. The average molecular weight is 463 g/mol. The SMILES string of the molecule is CC(C)C(=O)N[C@@H](CCN1CCC2(CC1)CCN(C(=O)c1cccnc1)C2=O)c1ccccc1. The first-order chi connectivity index (χ1) is 16.4. The van der Waals surface area contributed by atoms with Crippen molar-refractivity contribution in [2.45, 2.75) is 45.6 Å². The number of imide groups is 1. The van der Waals surface area contributed by atoms with Crippen LogP contribution in [0, 0.1) is 11.3 Å². The molecular formula is C27H34N4O3. The fourth-order valence-electron chi connectivity index (χ4n) is 4.99. The van der Waals surface area contributed by atoms with Crippen LogP contribution in [0.2, 0.25) is 0 Å². The number of rotatable bonds is 7. The lowest BCUT2D eigenvalue weighted by Gasteiger charge is -2.38. The van der Waals surface area contributed by atoms with Crippen molar-refractivity contribution in [3.05, 3.63) is 66.0 Å². The highest BCUT2D eigenvalue weighted by Crippen LogP contribution is 2.42. The summed E-state index contributed by atoms with van der Waals surface area (Å²) in [7, 11) is 0. The van der Waals surface area contributed by atoms with Crippen molar-refractivity contribution in [1.82, 2.24) is 20.1 Å². The Hall–Kier alpha value is -3.06. The number of pyridine rings is 1. The van der Waals surface area contributed by atoms with E-state index >= 15 is 0 Å². The number of piperidine rings is 1. The smallest absolute Gasteiger partial charge is 0.262 e. The Labute approximate surface area is 201 Å². The summed E-state index contributed by atoms with van der Waals surface area (Å²) >= 11 is 0. The quantitative estimate of drug-likeness (QED) is 0.638. The van der Waals surface area contributed by atoms with E-state index in [1.54, 1.807) is 18.3 Å². The van der Waals surface area contributed by atoms with Crippen LogP contribution in [0.5, 0.6) is 0 Å². The Morgan fingerprint density at radius 2 is 1.74 bits per heavy atom. The third-order valence-electron chi connectivity index (χ3n) is 7.26. The molecule has 1 N–H and O–H groups in total. The minimum atomic E-state index is -0.431. The molecule has 0 unspecified atom stereocenters. The average Bonchev–Trinajstić information content (AvgIpc) is 3.18. The van der Waals surface area contributed by atoms with E-state index in [9.17, 15) is 14.4 Å². The van der Waals surface area contributed by atoms with Crippen molar-refractivity contribution < 1.29 is 14.4 Å². The van der Waals surface area contributed by atoms with E-state index in [0.717, 1.165) is 50.9 Å². The van der Waals surface area contributed by atoms with Crippen molar-refractivity contribution in [3.8, 4) is 0 Å². The maximum atomic E-state index is 13.3. The molecule has 34 heavy (non-hydrogen) atoms. The number of nitrogens with one attached hydrogen (secondary N) is 1. The van der Waals surface area contributed by atoms with E-state index in [1.807, 2.05) is 32.0 Å². The Balaban J connectivity index is 1.34. The number of hydrogen-bond donors (Lipinski definition) is 1. The molecule has 1 spiro atoms. The first kappa shape index (κ1) is 24.1. The van der Waals surface area contributed by atoms with Crippen LogP contribution in [-0.2, 0) is 9.59 Å².